The van der Waals surface area contributed by atoms with Crippen LogP contribution < -0.4 is 11.1 Å². The van der Waals surface area contributed by atoms with Gasteiger partial charge in [-0.05, 0) is 31.9 Å². The van der Waals surface area contributed by atoms with E-state index in [4.69, 9.17) is 5.73 Å². The van der Waals surface area contributed by atoms with Gasteiger partial charge >= 0.3 is 0 Å². The summed E-state index contributed by atoms with van der Waals surface area (Å²) in [7, 11) is 0. The van der Waals surface area contributed by atoms with Crippen molar-refractivity contribution in [3.63, 3.8) is 0 Å². The van der Waals surface area contributed by atoms with Crippen molar-refractivity contribution in [2.45, 2.75) is 38.1 Å². The summed E-state index contributed by atoms with van der Waals surface area (Å²) in [6, 6.07) is 9.79. The number of nitrogens with two attached hydrogens (primary N) is 1. The third-order valence-electron chi connectivity index (χ3n) is 4.49. The van der Waals surface area contributed by atoms with E-state index in [9.17, 15) is 4.79 Å². The molecule has 116 valence electrons. The van der Waals surface area contributed by atoms with Gasteiger partial charge in [-0.2, -0.15) is 5.10 Å². The summed E-state index contributed by atoms with van der Waals surface area (Å²) < 4.78 is 1.74. The van der Waals surface area contributed by atoms with Gasteiger partial charge in [-0.3, -0.25) is 4.79 Å². The highest BCUT2D eigenvalue weighted by molar-refractivity contribution is 5.95. The summed E-state index contributed by atoms with van der Waals surface area (Å²) in [6.07, 6.45) is 5.96. The molecule has 1 aliphatic rings. The quantitative estimate of drug-likeness (QED) is 0.908. The van der Waals surface area contributed by atoms with Gasteiger partial charge in [0.1, 0.15) is 0 Å². The Hall–Kier alpha value is -2.14. The first-order chi connectivity index (χ1) is 10.6. The number of benzene rings is 1. The molecule has 0 unspecified atom stereocenters. The van der Waals surface area contributed by atoms with Crippen LogP contribution in [0.3, 0.4) is 0 Å². The van der Waals surface area contributed by atoms with Crippen molar-refractivity contribution in [1.29, 1.82) is 0 Å². The van der Waals surface area contributed by atoms with Crippen LogP contribution in [0, 0.1) is 6.92 Å². The van der Waals surface area contributed by atoms with Crippen LogP contribution in [-0.4, -0.2) is 27.8 Å². The number of nitrogens with one attached hydrogen (secondary N) is 1. The third kappa shape index (κ3) is 2.76. The van der Waals surface area contributed by atoms with Crippen LogP contribution in [-0.2, 0) is 0 Å². The Labute approximate surface area is 130 Å². The van der Waals surface area contributed by atoms with Crippen LogP contribution in [0.2, 0.25) is 0 Å². The van der Waals surface area contributed by atoms with Crippen molar-refractivity contribution in [3.8, 4) is 5.69 Å². The zero-order valence-corrected chi connectivity index (χ0v) is 12.9. The number of hydrogen-bond acceptors (Lipinski definition) is 3. The molecule has 1 aromatic heterocycles. The summed E-state index contributed by atoms with van der Waals surface area (Å²) in [5, 5.41) is 7.60. The lowest BCUT2D eigenvalue weighted by atomic mass is 9.97. The minimum atomic E-state index is -0.238. The van der Waals surface area contributed by atoms with Crippen LogP contribution in [0.4, 0.5) is 0 Å². The molecule has 3 N–H and O–H groups in total. The summed E-state index contributed by atoms with van der Waals surface area (Å²) >= 11 is 0. The summed E-state index contributed by atoms with van der Waals surface area (Å²) in [5.74, 6) is -0.0768. The average Bonchev–Trinajstić information content (AvgIpc) is 3.15. The first kappa shape index (κ1) is 14.8. The fourth-order valence-electron chi connectivity index (χ4n) is 3.14. The van der Waals surface area contributed by atoms with E-state index in [0.29, 0.717) is 12.1 Å². The van der Waals surface area contributed by atoms with E-state index in [1.807, 2.05) is 37.3 Å². The minimum Gasteiger partial charge on any atom is -0.345 e. The maximum absolute atomic E-state index is 12.6. The number of carbonyl (C=O) groups is 1. The van der Waals surface area contributed by atoms with E-state index in [0.717, 1.165) is 37.1 Å². The zero-order chi connectivity index (χ0) is 15.6. The van der Waals surface area contributed by atoms with Gasteiger partial charge < -0.3 is 11.1 Å². The standard InChI is InChI=1S/C17H22N4O/c1-13-15(11-21(20-13)14-7-3-2-4-8-14)16(22)19-17(12-18)9-5-6-10-17/h2-4,7-8,11H,5-6,9-10,12,18H2,1H3,(H,19,22). The van der Waals surface area contributed by atoms with E-state index < -0.39 is 0 Å². The Morgan fingerprint density at radius 3 is 2.64 bits per heavy atom. The van der Waals surface area contributed by atoms with Gasteiger partial charge in [0.05, 0.1) is 22.5 Å². The number of hydrogen-bond donors (Lipinski definition) is 2. The number of rotatable bonds is 4. The molecule has 1 saturated carbocycles. The first-order valence-electron chi connectivity index (χ1n) is 7.78. The van der Waals surface area contributed by atoms with E-state index >= 15 is 0 Å². The highest BCUT2D eigenvalue weighted by atomic mass is 16.1. The molecule has 1 fully saturated rings. The van der Waals surface area contributed by atoms with Crippen molar-refractivity contribution in [1.82, 2.24) is 15.1 Å². The Morgan fingerprint density at radius 1 is 1.32 bits per heavy atom. The van der Waals surface area contributed by atoms with Gasteiger partial charge in [0.25, 0.3) is 5.91 Å². The Kier molecular flexibility index (Phi) is 3.98. The van der Waals surface area contributed by atoms with Gasteiger partial charge in [0.15, 0.2) is 0 Å². The van der Waals surface area contributed by atoms with E-state index in [-0.39, 0.29) is 11.4 Å². The second-order valence-electron chi connectivity index (χ2n) is 6.05. The molecular weight excluding hydrogens is 276 g/mol. The lowest BCUT2D eigenvalue weighted by molar-refractivity contribution is 0.0902. The molecule has 0 atom stereocenters. The van der Waals surface area contributed by atoms with Crippen LogP contribution in [0.1, 0.15) is 41.7 Å². The molecule has 0 aliphatic heterocycles. The minimum absolute atomic E-state index is 0.0768. The molecule has 1 aromatic carbocycles. The first-order valence-corrected chi connectivity index (χ1v) is 7.78. The predicted molar refractivity (Wildman–Crippen MR) is 86.0 cm³/mol. The Balaban J connectivity index is 1.83. The predicted octanol–water partition coefficient (Wildman–Crippen LogP) is 2.18. The molecule has 3 rings (SSSR count). The number of aromatic nitrogens is 2. The molecule has 1 amide bonds. The largest absolute Gasteiger partial charge is 0.345 e. The normalized spacial score (nSPS) is 16.6. The fraction of sp³-hybridized carbons (Fsp3) is 0.412. The SMILES string of the molecule is Cc1nn(-c2ccccc2)cc1C(=O)NC1(CN)CCCC1. The fourth-order valence-corrected chi connectivity index (χ4v) is 3.14. The highest BCUT2D eigenvalue weighted by Crippen LogP contribution is 2.29. The summed E-state index contributed by atoms with van der Waals surface area (Å²) in [4.78, 5) is 12.6. The van der Waals surface area contributed by atoms with Gasteiger partial charge in [-0.25, -0.2) is 4.68 Å². The van der Waals surface area contributed by atoms with Crippen molar-refractivity contribution in [2.75, 3.05) is 6.54 Å². The molecule has 0 bridgehead atoms. The molecule has 22 heavy (non-hydrogen) atoms. The van der Waals surface area contributed by atoms with Crippen LogP contribution in [0.5, 0.6) is 0 Å². The monoisotopic (exact) mass is 298 g/mol. The lowest BCUT2D eigenvalue weighted by Crippen LogP contribution is -2.51. The maximum Gasteiger partial charge on any atom is 0.255 e. The van der Waals surface area contributed by atoms with Crippen molar-refractivity contribution < 1.29 is 4.79 Å². The van der Waals surface area contributed by atoms with Crippen molar-refractivity contribution >= 4 is 5.91 Å². The second-order valence-corrected chi connectivity index (χ2v) is 6.05. The summed E-state index contributed by atoms with van der Waals surface area (Å²) in [6.45, 7) is 2.35. The number of aryl methyl sites for hydroxylation is 1. The molecule has 1 aliphatic carbocycles. The van der Waals surface area contributed by atoms with Gasteiger partial charge in [0.2, 0.25) is 0 Å². The average molecular weight is 298 g/mol. The Morgan fingerprint density at radius 2 is 2.00 bits per heavy atom. The van der Waals surface area contributed by atoms with E-state index in [2.05, 4.69) is 10.4 Å². The van der Waals surface area contributed by atoms with Crippen LogP contribution in [0.15, 0.2) is 36.5 Å². The second kappa shape index (κ2) is 5.93. The van der Waals surface area contributed by atoms with Crippen LogP contribution in [0.25, 0.3) is 5.69 Å². The van der Waals surface area contributed by atoms with Crippen molar-refractivity contribution in [2.24, 2.45) is 5.73 Å². The number of amides is 1. The number of nitrogens with zero attached hydrogens (tertiary/aromatic N) is 2. The van der Waals surface area contributed by atoms with Gasteiger partial charge in [0, 0.05) is 12.7 Å². The zero-order valence-electron chi connectivity index (χ0n) is 12.9. The van der Waals surface area contributed by atoms with E-state index in [1.165, 1.54) is 0 Å². The Bertz CT molecular complexity index is 657. The lowest BCUT2D eigenvalue weighted by Gasteiger charge is -2.28. The maximum atomic E-state index is 12.6. The van der Waals surface area contributed by atoms with Crippen LogP contribution >= 0.6 is 0 Å². The third-order valence-corrected chi connectivity index (χ3v) is 4.49. The topological polar surface area (TPSA) is 72.9 Å². The van der Waals surface area contributed by atoms with E-state index in [1.54, 1.807) is 10.9 Å². The molecule has 2 aromatic rings. The molecule has 0 radical (unpaired) electrons. The summed E-state index contributed by atoms with van der Waals surface area (Å²) in [5.41, 5.74) is 7.94. The molecular formula is C17H22N4O. The van der Waals surface area contributed by atoms with Crippen molar-refractivity contribution in [3.05, 3.63) is 47.8 Å². The number of para-hydroxylation sites is 1. The van der Waals surface area contributed by atoms with Gasteiger partial charge in [-0.1, -0.05) is 31.0 Å². The number of carbonyl (C=O) groups excluding carboxylic acids is 1. The van der Waals surface area contributed by atoms with Gasteiger partial charge in [-0.15, -0.1) is 0 Å². The highest BCUT2D eigenvalue weighted by Gasteiger charge is 2.34. The molecule has 5 nitrogen and oxygen atoms in total. The molecule has 0 saturated heterocycles. The molecule has 1 heterocycles. The smallest absolute Gasteiger partial charge is 0.255 e. The molecule has 0 spiro atoms. The molecule has 5 heteroatoms.